The highest BCUT2D eigenvalue weighted by Crippen LogP contribution is 2.28. The summed E-state index contributed by atoms with van der Waals surface area (Å²) < 4.78 is 0. The number of nitrogens with zero attached hydrogens (tertiary/aromatic N) is 2. The summed E-state index contributed by atoms with van der Waals surface area (Å²) >= 11 is 0. The summed E-state index contributed by atoms with van der Waals surface area (Å²) in [6, 6.07) is 3.33. The molecular formula is C20H29N3O3. The van der Waals surface area contributed by atoms with Crippen molar-refractivity contribution in [2.24, 2.45) is 11.8 Å². The Bertz CT molecular complexity index is 602. The number of hydrogen-bond donors (Lipinski definition) is 2. The van der Waals surface area contributed by atoms with Crippen LogP contribution in [-0.4, -0.2) is 52.5 Å². The van der Waals surface area contributed by atoms with Crippen LogP contribution in [0.1, 0.15) is 55.3 Å². The van der Waals surface area contributed by atoms with Gasteiger partial charge in [-0.05, 0) is 37.3 Å². The standard InChI is InChI=1S/C20H29N3O3/c24-14-17-13-23(19(25)11-15-5-2-1-3-6-15)10-8-18(17)22-20(26)16-7-4-9-21-12-16/h4,7,9,12,15,17-18,24H,1-3,5-6,8,10-11,13-14H2,(H,22,26)/t17-,18-/m1/s1. The third kappa shape index (κ3) is 4.81. The molecule has 1 aromatic rings. The Labute approximate surface area is 155 Å². The van der Waals surface area contributed by atoms with Crippen LogP contribution in [0.3, 0.4) is 0 Å². The first-order chi connectivity index (χ1) is 12.7. The quantitative estimate of drug-likeness (QED) is 0.842. The van der Waals surface area contributed by atoms with Crippen LogP contribution in [0.15, 0.2) is 24.5 Å². The second-order valence-electron chi connectivity index (χ2n) is 7.60. The average Bonchev–Trinajstić information content (AvgIpc) is 2.69. The predicted molar refractivity (Wildman–Crippen MR) is 98.5 cm³/mol. The van der Waals surface area contributed by atoms with Gasteiger partial charge < -0.3 is 15.3 Å². The van der Waals surface area contributed by atoms with Crippen LogP contribution in [0.2, 0.25) is 0 Å². The van der Waals surface area contributed by atoms with E-state index in [0.29, 0.717) is 37.4 Å². The van der Waals surface area contributed by atoms with Crippen LogP contribution >= 0.6 is 0 Å². The fourth-order valence-corrected chi connectivity index (χ4v) is 4.15. The maximum Gasteiger partial charge on any atom is 0.253 e. The number of nitrogens with one attached hydrogen (secondary N) is 1. The highest BCUT2D eigenvalue weighted by atomic mass is 16.3. The zero-order valence-electron chi connectivity index (χ0n) is 15.3. The Hall–Kier alpha value is -1.95. The van der Waals surface area contributed by atoms with Crippen molar-refractivity contribution in [2.45, 2.75) is 51.0 Å². The molecule has 2 N–H and O–H groups in total. The third-order valence-electron chi connectivity index (χ3n) is 5.75. The van der Waals surface area contributed by atoms with Crippen LogP contribution in [-0.2, 0) is 4.79 Å². The molecule has 1 aliphatic heterocycles. The maximum absolute atomic E-state index is 12.6. The summed E-state index contributed by atoms with van der Waals surface area (Å²) in [6.45, 7) is 1.12. The van der Waals surface area contributed by atoms with Gasteiger partial charge in [-0.3, -0.25) is 14.6 Å². The molecule has 6 nitrogen and oxygen atoms in total. The average molecular weight is 359 g/mol. The third-order valence-corrected chi connectivity index (χ3v) is 5.75. The van der Waals surface area contributed by atoms with Gasteiger partial charge in [-0.1, -0.05) is 19.3 Å². The van der Waals surface area contributed by atoms with Crippen LogP contribution in [0.25, 0.3) is 0 Å². The van der Waals surface area contributed by atoms with E-state index in [1.807, 2.05) is 4.90 Å². The number of aromatic nitrogens is 1. The highest BCUT2D eigenvalue weighted by molar-refractivity contribution is 5.94. The lowest BCUT2D eigenvalue weighted by Gasteiger charge is -2.38. The van der Waals surface area contributed by atoms with Crippen molar-refractivity contribution in [2.75, 3.05) is 19.7 Å². The van der Waals surface area contributed by atoms with Crippen LogP contribution in [0.5, 0.6) is 0 Å². The number of pyridine rings is 1. The topological polar surface area (TPSA) is 82.5 Å². The van der Waals surface area contributed by atoms with E-state index >= 15 is 0 Å². The van der Waals surface area contributed by atoms with E-state index in [-0.39, 0.29) is 30.4 Å². The fraction of sp³-hybridized carbons (Fsp3) is 0.650. The van der Waals surface area contributed by atoms with E-state index in [9.17, 15) is 14.7 Å². The Morgan fingerprint density at radius 2 is 2.04 bits per heavy atom. The number of aliphatic hydroxyl groups excluding tert-OH is 1. The Morgan fingerprint density at radius 3 is 2.73 bits per heavy atom. The molecule has 1 aliphatic carbocycles. The molecule has 0 spiro atoms. The molecule has 1 aromatic heterocycles. The molecule has 0 unspecified atom stereocenters. The number of hydrogen-bond acceptors (Lipinski definition) is 4. The molecule has 2 heterocycles. The van der Waals surface area contributed by atoms with E-state index < -0.39 is 0 Å². The van der Waals surface area contributed by atoms with Gasteiger partial charge in [-0.25, -0.2) is 0 Å². The molecule has 0 radical (unpaired) electrons. The van der Waals surface area contributed by atoms with Crippen molar-refractivity contribution >= 4 is 11.8 Å². The summed E-state index contributed by atoms with van der Waals surface area (Å²) in [7, 11) is 0. The lowest BCUT2D eigenvalue weighted by Crippen LogP contribution is -2.53. The van der Waals surface area contributed by atoms with Gasteiger partial charge in [0.25, 0.3) is 5.91 Å². The van der Waals surface area contributed by atoms with Crippen LogP contribution in [0.4, 0.5) is 0 Å². The van der Waals surface area contributed by atoms with Crippen molar-refractivity contribution in [1.29, 1.82) is 0 Å². The number of likely N-dealkylation sites (tertiary alicyclic amines) is 1. The Kier molecular flexibility index (Phi) is 6.61. The van der Waals surface area contributed by atoms with Gasteiger partial charge in [0.05, 0.1) is 5.56 Å². The van der Waals surface area contributed by atoms with E-state index in [2.05, 4.69) is 10.3 Å². The molecule has 1 saturated heterocycles. The first-order valence-electron chi connectivity index (χ1n) is 9.77. The fourth-order valence-electron chi connectivity index (χ4n) is 4.15. The summed E-state index contributed by atoms with van der Waals surface area (Å²) in [5, 5.41) is 12.8. The summed E-state index contributed by atoms with van der Waals surface area (Å²) in [5.41, 5.74) is 0.514. The lowest BCUT2D eigenvalue weighted by molar-refractivity contribution is -0.135. The molecule has 2 amide bonds. The first kappa shape index (κ1) is 18.8. The zero-order valence-corrected chi connectivity index (χ0v) is 15.3. The van der Waals surface area contributed by atoms with Gasteiger partial charge in [-0.2, -0.15) is 0 Å². The molecule has 2 atom stereocenters. The van der Waals surface area contributed by atoms with Crippen molar-refractivity contribution in [3.8, 4) is 0 Å². The molecule has 26 heavy (non-hydrogen) atoms. The van der Waals surface area contributed by atoms with Gasteiger partial charge in [0, 0.05) is 50.5 Å². The molecule has 3 rings (SSSR count). The molecule has 142 valence electrons. The summed E-state index contributed by atoms with van der Waals surface area (Å²) in [4.78, 5) is 30.8. The van der Waals surface area contributed by atoms with Crippen molar-refractivity contribution < 1.29 is 14.7 Å². The van der Waals surface area contributed by atoms with Crippen molar-refractivity contribution in [3.63, 3.8) is 0 Å². The number of carbonyl (C=O) groups is 2. The molecular weight excluding hydrogens is 330 g/mol. The van der Waals surface area contributed by atoms with E-state index in [4.69, 9.17) is 0 Å². The number of aliphatic hydroxyl groups is 1. The molecule has 2 aliphatic rings. The minimum Gasteiger partial charge on any atom is -0.396 e. The number of amides is 2. The second-order valence-corrected chi connectivity index (χ2v) is 7.60. The maximum atomic E-state index is 12.6. The van der Waals surface area contributed by atoms with Gasteiger partial charge in [0.1, 0.15) is 0 Å². The number of carbonyl (C=O) groups excluding carboxylic acids is 2. The van der Waals surface area contributed by atoms with E-state index in [1.54, 1.807) is 18.3 Å². The number of rotatable bonds is 5. The Balaban J connectivity index is 1.53. The van der Waals surface area contributed by atoms with Crippen molar-refractivity contribution in [3.05, 3.63) is 30.1 Å². The van der Waals surface area contributed by atoms with E-state index in [0.717, 1.165) is 12.8 Å². The molecule has 2 fully saturated rings. The largest absolute Gasteiger partial charge is 0.396 e. The predicted octanol–water partition coefficient (Wildman–Crippen LogP) is 1.99. The van der Waals surface area contributed by atoms with Gasteiger partial charge >= 0.3 is 0 Å². The molecule has 6 heteroatoms. The van der Waals surface area contributed by atoms with Crippen LogP contribution in [0, 0.1) is 11.8 Å². The minimum atomic E-state index is -0.177. The summed E-state index contributed by atoms with van der Waals surface area (Å²) in [5.74, 6) is 0.419. The van der Waals surface area contributed by atoms with Gasteiger partial charge in [-0.15, -0.1) is 0 Å². The van der Waals surface area contributed by atoms with Crippen LogP contribution < -0.4 is 5.32 Å². The minimum absolute atomic E-state index is 0.0365. The first-order valence-corrected chi connectivity index (χ1v) is 9.77. The molecule has 1 saturated carbocycles. The van der Waals surface area contributed by atoms with Gasteiger partial charge in [0.2, 0.25) is 5.91 Å². The smallest absolute Gasteiger partial charge is 0.253 e. The SMILES string of the molecule is O=C(N[C@@H]1CCN(C(=O)CC2CCCCC2)C[C@@H]1CO)c1cccnc1. The summed E-state index contributed by atoms with van der Waals surface area (Å²) in [6.07, 6.45) is 10.5. The monoisotopic (exact) mass is 359 g/mol. The molecule has 0 aromatic carbocycles. The second kappa shape index (κ2) is 9.12. The van der Waals surface area contributed by atoms with Gasteiger partial charge in [0.15, 0.2) is 0 Å². The normalized spacial score (nSPS) is 24.3. The number of piperidine rings is 1. The molecule has 0 bridgehead atoms. The van der Waals surface area contributed by atoms with E-state index in [1.165, 1.54) is 25.5 Å². The highest BCUT2D eigenvalue weighted by Gasteiger charge is 2.33. The lowest BCUT2D eigenvalue weighted by atomic mass is 9.86. The van der Waals surface area contributed by atoms with Crippen molar-refractivity contribution in [1.82, 2.24) is 15.2 Å². The Morgan fingerprint density at radius 1 is 1.23 bits per heavy atom. The zero-order chi connectivity index (χ0) is 18.4.